The molecule has 4 heteroatoms. The number of hydrogen-bond acceptors (Lipinski definition) is 4. The predicted octanol–water partition coefficient (Wildman–Crippen LogP) is 4.37. The van der Waals surface area contributed by atoms with E-state index in [1.807, 2.05) is 48.5 Å². The molecule has 0 spiro atoms. The van der Waals surface area contributed by atoms with Crippen molar-refractivity contribution >= 4 is 22.5 Å². The minimum atomic E-state index is -0.0286. The van der Waals surface area contributed by atoms with Crippen LogP contribution >= 0.6 is 11.8 Å². The van der Waals surface area contributed by atoms with Crippen LogP contribution in [0.25, 0.3) is 10.8 Å². The molecule has 0 amide bonds. The third kappa shape index (κ3) is 3.17. The van der Waals surface area contributed by atoms with Crippen LogP contribution in [0.5, 0.6) is 11.5 Å². The Bertz CT molecular complexity index is 892. The third-order valence-corrected chi connectivity index (χ3v) is 4.58. The summed E-state index contributed by atoms with van der Waals surface area (Å²) in [5, 5.41) is 1.70. The molecular formula is C19H16O3S. The second kappa shape index (κ2) is 6.75. The Balaban J connectivity index is 2.23. The van der Waals surface area contributed by atoms with Crippen LogP contribution in [-0.2, 0) is 0 Å². The molecule has 0 unspecified atom stereocenters. The van der Waals surface area contributed by atoms with E-state index >= 15 is 0 Å². The van der Waals surface area contributed by atoms with Crippen LogP contribution in [0.2, 0.25) is 0 Å². The van der Waals surface area contributed by atoms with Gasteiger partial charge in [-0.1, -0.05) is 30.0 Å². The molecular weight excluding hydrogens is 308 g/mol. The summed E-state index contributed by atoms with van der Waals surface area (Å²) in [6, 6.07) is 18.8. The molecule has 0 aliphatic carbocycles. The number of hydrogen-bond donors (Lipinski definition) is 0. The van der Waals surface area contributed by atoms with Crippen LogP contribution in [-0.4, -0.2) is 14.2 Å². The number of rotatable bonds is 4. The highest BCUT2D eigenvalue weighted by Crippen LogP contribution is 2.34. The van der Waals surface area contributed by atoms with E-state index in [1.165, 1.54) is 11.8 Å². The van der Waals surface area contributed by atoms with Gasteiger partial charge in [0.15, 0.2) is 5.43 Å². The largest absolute Gasteiger partial charge is 0.496 e. The zero-order chi connectivity index (χ0) is 16.2. The average Bonchev–Trinajstić information content (AvgIpc) is 2.75. The summed E-state index contributed by atoms with van der Waals surface area (Å²) in [6.07, 6.45) is 0. The van der Waals surface area contributed by atoms with E-state index in [4.69, 9.17) is 9.47 Å². The summed E-state index contributed by atoms with van der Waals surface area (Å²) in [5.41, 5.74) is -0.0286. The van der Waals surface area contributed by atoms with Gasteiger partial charge < -0.3 is 9.47 Å². The van der Waals surface area contributed by atoms with Crippen molar-refractivity contribution in [1.29, 1.82) is 0 Å². The normalized spacial score (nSPS) is 10.5. The zero-order valence-electron chi connectivity index (χ0n) is 12.9. The Labute approximate surface area is 138 Å². The van der Waals surface area contributed by atoms with Crippen molar-refractivity contribution in [3.05, 3.63) is 70.9 Å². The molecule has 0 bridgehead atoms. The van der Waals surface area contributed by atoms with Gasteiger partial charge in [-0.2, -0.15) is 0 Å². The third-order valence-electron chi connectivity index (χ3n) is 3.54. The molecule has 0 heterocycles. The van der Waals surface area contributed by atoms with E-state index in [1.54, 1.807) is 26.4 Å². The van der Waals surface area contributed by atoms with Gasteiger partial charge in [-0.05, 0) is 42.5 Å². The lowest BCUT2D eigenvalue weighted by atomic mass is 10.1. The summed E-state index contributed by atoms with van der Waals surface area (Å²) in [7, 11) is 3.24. The second-order valence-corrected chi connectivity index (χ2v) is 6.03. The fraction of sp³-hybridized carbons (Fsp3) is 0.105. The lowest BCUT2D eigenvalue weighted by molar-refractivity contribution is 0.410. The van der Waals surface area contributed by atoms with Gasteiger partial charge in [0, 0.05) is 15.7 Å². The van der Waals surface area contributed by atoms with Gasteiger partial charge in [-0.15, -0.1) is 0 Å². The van der Waals surface area contributed by atoms with Crippen LogP contribution in [0, 0.1) is 0 Å². The molecule has 23 heavy (non-hydrogen) atoms. The SMILES string of the molecule is COc1ccc(OC)c2cc(Sc3ccccc3)c(=O)ccc12. The standard InChI is InChI=1S/C19H16O3S/c1-21-17-10-11-18(22-2)15-12-19(16(20)9-8-14(15)17)23-13-6-4-3-5-7-13/h3-12H,1-2H3. The van der Waals surface area contributed by atoms with Gasteiger partial charge in [-0.3, -0.25) is 4.79 Å². The lowest BCUT2D eigenvalue weighted by Gasteiger charge is -2.08. The van der Waals surface area contributed by atoms with Gasteiger partial charge in [0.2, 0.25) is 0 Å². The highest BCUT2D eigenvalue weighted by molar-refractivity contribution is 7.99. The fourth-order valence-electron chi connectivity index (χ4n) is 2.41. The first kappa shape index (κ1) is 15.4. The maximum atomic E-state index is 12.4. The van der Waals surface area contributed by atoms with E-state index in [9.17, 15) is 4.79 Å². The molecule has 3 aromatic rings. The smallest absolute Gasteiger partial charge is 0.192 e. The van der Waals surface area contributed by atoms with Gasteiger partial charge in [0.25, 0.3) is 0 Å². The highest BCUT2D eigenvalue weighted by atomic mass is 32.2. The number of ether oxygens (including phenoxy) is 2. The van der Waals surface area contributed by atoms with Gasteiger partial charge >= 0.3 is 0 Å². The first-order chi connectivity index (χ1) is 11.2. The minimum Gasteiger partial charge on any atom is -0.496 e. The average molecular weight is 324 g/mol. The molecule has 0 saturated carbocycles. The first-order valence-electron chi connectivity index (χ1n) is 7.15. The molecule has 116 valence electrons. The Kier molecular flexibility index (Phi) is 4.53. The minimum absolute atomic E-state index is 0.0286. The molecule has 3 aromatic carbocycles. The van der Waals surface area contributed by atoms with E-state index in [2.05, 4.69) is 0 Å². The molecule has 0 saturated heterocycles. The van der Waals surface area contributed by atoms with E-state index in [0.29, 0.717) is 16.4 Å². The molecule has 0 aliphatic rings. The Morgan fingerprint density at radius 2 is 1.43 bits per heavy atom. The van der Waals surface area contributed by atoms with Crippen molar-refractivity contribution in [3.63, 3.8) is 0 Å². The van der Waals surface area contributed by atoms with Crippen molar-refractivity contribution in [2.75, 3.05) is 14.2 Å². The monoisotopic (exact) mass is 324 g/mol. The van der Waals surface area contributed by atoms with Crippen LogP contribution in [0.4, 0.5) is 0 Å². The quantitative estimate of drug-likeness (QED) is 0.714. The summed E-state index contributed by atoms with van der Waals surface area (Å²) in [6.45, 7) is 0. The molecule has 3 nitrogen and oxygen atoms in total. The Morgan fingerprint density at radius 1 is 0.783 bits per heavy atom. The van der Waals surface area contributed by atoms with Crippen LogP contribution in [0.15, 0.2) is 75.2 Å². The van der Waals surface area contributed by atoms with Gasteiger partial charge in [-0.25, -0.2) is 0 Å². The van der Waals surface area contributed by atoms with Crippen molar-refractivity contribution in [2.45, 2.75) is 9.79 Å². The van der Waals surface area contributed by atoms with Crippen molar-refractivity contribution < 1.29 is 9.47 Å². The fourth-order valence-corrected chi connectivity index (χ4v) is 3.30. The Hall–Kier alpha value is -2.46. The first-order valence-corrected chi connectivity index (χ1v) is 7.96. The van der Waals surface area contributed by atoms with Crippen LogP contribution in [0.3, 0.4) is 0 Å². The summed E-state index contributed by atoms with van der Waals surface area (Å²) < 4.78 is 10.8. The number of fused-ring (bicyclic) bond motifs is 1. The summed E-state index contributed by atoms with van der Waals surface area (Å²) in [4.78, 5) is 14.1. The van der Waals surface area contributed by atoms with Gasteiger partial charge in [0.1, 0.15) is 11.5 Å². The number of methoxy groups -OCH3 is 2. The summed E-state index contributed by atoms with van der Waals surface area (Å²) in [5.74, 6) is 1.43. The highest BCUT2D eigenvalue weighted by Gasteiger charge is 2.09. The number of benzene rings is 2. The van der Waals surface area contributed by atoms with Crippen LogP contribution in [0.1, 0.15) is 0 Å². The maximum absolute atomic E-state index is 12.4. The van der Waals surface area contributed by atoms with Crippen molar-refractivity contribution in [1.82, 2.24) is 0 Å². The molecule has 0 aliphatic heterocycles. The lowest BCUT2D eigenvalue weighted by Crippen LogP contribution is -1.96. The maximum Gasteiger partial charge on any atom is 0.192 e. The molecule has 3 rings (SSSR count). The molecule has 0 atom stereocenters. The van der Waals surface area contributed by atoms with Crippen molar-refractivity contribution in [2.24, 2.45) is 0 Å². The molecule has 0 N–H and O–H groups in total. The molecule has 0 fully saturated rings. The van der Waals surface area contributed by atoms with Crippen molar-refractivity contribution in [3.8, 4) is 11.5 Å². The Morgan fingerprint density at radius 3 is 2.09 bits per heavy atom. The van der Waals surface area contributed by atoms with E-state index in [0.717, 1.165) is 15.7 Å². The van der Waals surface area contributed by atoms with Crippen LogP contribution < -0.4 is 14.9 Å². The summed E-state index contributed by atoms with van der Waals surface area (Å²) >= 11 is 1.45. The van der Waals surface area contributed by atoms with E-state index < -0.39 is 0 Å². The predicted molar refractivity (Wildman–Crippen MR) is 93.9 cm³/mol. The second-order valence-electron chi connectivity index (χ2n) is 4.92. The molecule has 0 radical (unpaired) electrons. The molecule has 0 aromatic heterocycles. The zero-order valence-corrected chi connectivity index (χ0v) is 13.7. The van der Waals surface area contributed by atoms with E-state index in [-0.39, 0.29) is 5.43 Å². The van der Waals surface area contributed by atoms with Gasteiger partial charge in [0.05, 0.1) is 19.1 Å². The topological polar surface area (TPSA) is 35.5 Å².